The number of hydrogen-bond donors (Lipinski definition) is 1. The Balaban J connectivity index is 2.23. The smallest absolute Gasteiger partial charge is 0.348 e. The van der Waals surface area contributed by atoms with E-state index in [1.807, 2.05) is 38.1 Å². The SMILES string of the molecule is CCOC(=O)c1c(NC(=O)COc2ccccc2C(C)C)sc(C(=O)OC(C)C)c1C. The van der Waals surface area contributed by atoms with Crippen molar-refractivity contribution in [2.24, 2.45) is 0 Å². The van der Waals surface area contributed by atoms with Gasteiger partial charge >= 0.3 is 11.9 Å². The monoisotopic (exact) mass is 447 g/mol. The second-order valence-electron chi connectivity index (χ2n) is 7.46. The number of anilines is 1. The maximum atomic E-state index is 12.6. The first-order chi connectivity index (χ1) is 14.6. The summed E-state index contributed by atoms with van der Waals surface area (Å²) in [5.74, 6) is -0.744. The summed E-state index contributed by atoms with van der Waals surface area (Å²) in [6.07, 6.45) is -0.312. The van der Waals surface area contributed by atoms with E-state index in [0.29, 0.717) is 11.3 Å². The number of carbonyl (C=O) groups is 3. The fourth-order valence-electron chi connectivity index (χ4n) is 2.91. The van der Waals surface area contributed by atoms with Crippen LogP contribution in [-0.2, 0) is 14.3 Å². The standard InChI is InChI=1S/C23H29NO6S/c1-7-28-22(26)19-15(6)20(23(27)30-14(4)5)31-21(19)24-18(25)12-29-17-11-9-8-10-16(17)13(2)3/h8-11,13-14H,7,12H2,1-6H3,(H,24,25). The van der Waals surface area contributed by atoms with Crippen LogP contribution in [0.25, 0.3) is 0 Å². The van der Waals surface area contributed by atoms with E-state index >= 15 is 0 Å². The van der Waals surface area contributed by atoms with E-state index in [4.69, 9.17) is 14.2 Å². The molecule has 8 heteroatoms. The zero-order valence-electron chi connectivity index (χ0n) is 18.7. The summed E-state index contributed by atoms with van der Waals surface area (Å²) < 4.78 is 16.1. The first kappa shape index (κ1) is 24.4. The van der Waals surface area contributed by atoms with Crippen LogP contribution >= 0.6 is 11.3 Å². The van der Waals surface area contributed by atoms with E-state index in [-0.39, 0.29) is 40.7 Å². The Bertz CT molecular complexity index is 948. The topological polar surface area (TPSA) is 90.9 Å². The van der Waals surface area contributed by atoms with Crippen molar-refractivity contribution in [3.8, 4) is 5.75 Å². The molecular formula is C23H29NO6S. The Kier molecular flexibility index (Phi) is 8.62. The number of ether oxygens (including phenoxy) is 3. The van der Waals surface area contributed by atoms with Gasteiger partial charge in [0.2, 0.25) is 0 Å². The molecular weight excluding hydrogens is 418 g/mol. The molecule has 0 fully saturated rings. The number of amides is 1. The highest BCUT2D eigenvalue weighted by atomic mass is 32.1. The van der Waals surface area contributed by atoms with Gasteiger partial charge in [-0.2, -0.15) is 0 Å². The van der Waals surface area contributed by atoms with Crippen LogP contribution in [0.1, 0.15) is 71.7 Å². The third-order valence-corrected chi connectivity index (χ3v) is 5.49. The van der Waals surface area contributed by atoms with Crippen molar-refractivity contribution in [1.29, 1.82) is 0 Å². The molecule has 0 unspecified atom stereocenters. The molecule has 31 heavy (non-hydrogen) atoms. The first-order valence-electron chi connectivity index (χ1n) is 10.2. The van der Waals surface area contributed by atoms with E-state index in [1.54, 1.807) is 27.7 Å². The van der Waals surface area contributed by atoms with E-state index < -0.39 is 17.8 Å². The van der Waals surface area contributed by atoms with Crippen molar-refractivity contribution in [2.75, 3.05) is 18.5 Å². The fourth-order valence-corrected chi connectivity index (χ4v) is 4.00. The van der Waals surface area contributed by atoms with Gasteiger partial charge in [0.05, 0.1) is 18.3 Å². The van der Waals surface area contributed by atoms with Crippen LogP contribution in [0.3, 0.4) is 0 Å². The summed E-state index contributed by atoms with van der Waals surface area (Å²) in [7, 11) is 0. The van der Waals surface area contributed by atoms with Gasteiger partial charge in [0, 0.05) is 0 Å². The summed E-state index contributed by atoms with van der Waals surface area (Å²) in [6, 6.07) is 7.52. The average molecular weight is 448 g/mol. The van der Waals surface area contributed by atoms with E-state index in [1.165, 1.54) is 0 Å². The highest BCUT2D eigenvalue weighted by Crippen LogP contribution is 2.34. The molecule has 0 aliphatic rings. The van der Waals surface area contributed by atoms with E-state index in [9.17, 15) is 14.4 Å². The van der Waals surface area contributed by atoms with E-state index in [0.717, 1.165) is 16.9 Å². The van der Waals surface area contributed by atoms with Crippen molar-refractivity contribution in [3.05, 3.63) is 45.8 Å². The van der Waals surface area contributed by atoms with Crippen molar-refractivity contribution < 1.29 is 28.6 Å². The van der Waals surface area contributed by atoms with Gasteiger partial charge in [-0.25, -0.2) is 9.59 Å². The Morgan fingerprint density at radius 2 is 1.74 bits per heavy atom. The molecule has 168 valence electrons. The minimum Gasteiger partial charge on any atom is -0.483 e. The molecule has 0 aliphatic carbocycles. The lowest BCUT2D eigenvalue weighted by atomic mass is 10.0. The van der Waals surface area contributed by atoms with Gasteiger partial charge in [0.1, 0.15) is 15.6 Å². The molecule has 0 bridgehead atoms. The zero-order valence-corrected chi connectivity index (χ0v) is 19.6. The normalized spacial score (nSPS) is 10.8. The summed E-state index contributed by atoms with van der Waals surface area (Å²) in [5.41, 5.74) is 1.56. The number of esters is 2. The molecule has 0 spiro atoms. The molecule has 2 rings (SSSR count). The lowest BCUT2D eigenvalue weighted by Gasteiger charge is -2.13. The van der Waals surface area contributed by atoms with Gasteiger partial charge in [-0.15, -0.1) is 11.3 Å². The number of benzene rings is 1. The second kappa shape index (κ2) is 10.9. The fraction of sp³-hybridized carbons (Fsp3) is 0.435. The van der Waals surface area contributed by atoms with Crippen LogP contribution in [0.2, 0.25) is 0 Å². The lowest BCUT2D eigenvalue weighted by Crippen LogP contribution is -2.21. The Morgan fingerprint density at radius 3 is 2.35 bits per heavy atom. The molecule has 0 aliphatic heterocycles. The number of rotatable bonds is 9. The summed E-state index contributed by atoms with van der Waals surface area (Å²) >= 11 is 0.986. The van der Waals surface area contributed by atoms with E-state index in [2.05, 4.69) is 5.32 Å². The van der Waals surface area contributed by atoms with Crippen molar-refractivity contribution in [2.45, 2.75) is 53.6 Å². The van der Waals surface area contributed by atoms with Gasteiger partial charge in [0.25, 0.3) is 5.91 Å². The largest absolute Gasteiger partial charge is 0.483 e. The maximum absolute atomic E-state index is 12.6. The van der Waals surface area contributed by atoms with Crippen LogP contribution in [0, 0.1) is 6.92 Å². The van der Waals surface area contributed by atoms with Crippen molar-refractivity contribution >= 4 is 34.2 Å². The van der Waals surface area contributed by atoms with Crippen molar-refractivity contribution in [1.82, 2.24) is 0 Å². The minimum atomic E-state index is -0.610. The van der Waals surface area contributed by atoms with Crippen LogP contribution in [0.15, 0.2) is 24.3 Å². The summed E-state index contributed by atoms with van der Waals surface area (Å²) in [6.45, 7) is 10.8. The second-order valence-corrected chi connectivity index (χ2v) is 8.48. The van der Waals surface area contributed by atoms with Crippen LogP contribution in [-0.4, -0.2) is 37.2 Å². The molecule has 7 nitrogen and oxygen atoms in total. The van der Waals surface area contributed by atoms with Gasteiger partial charge < -0.3 is 19.5 Å². The number of carbonyl (C=O) groups excluding carboxylic acids is 3. The highest BCUT2D eigenvalue weighted by molar-refractivity contribution is 7.18. The third-order valence-electron chi connectivity index (χ3n) is 4.31. The van der Waals surface area contributed by atoms with Crippen molar-refractivity contribution in [3.63, 3.8) is 0 Å². The molecule has 0 saturated heterocycles. The molecule has 1 aromatic carbocycles. The number of nitrogens with one attached hydrogen (secondary N) is 1. The van der Waals surface area contributed by atoms with Gasteiger partial charge in [-0.3, -0.25) is 4.79 Å². The number of thiophene rings is 1. The lowest BCUT2D eigenvalue weighted by molar-refractivity contribution is -0.118. The maximum Gasteiger partial charge on any atom is 0.348 e. The Hall–Kier alpha value is -2.87. The molecule has 0 atom stereocenters. The molecule has 2 aromatic rings. The molecule has 1 heterocycles. The average Bonchev–Trinajstić information content (AvgIpc) is 3.02. The highest BCUT2D eigenvalue weighted by Gasteiger charge is 2.28. The minimum absolute atomic E-state index is 0.151. The summed E-state index contributed by atoms with van der Waals surface area (Å²) in [5, 5.41) is 2.92. The van der Waals surface area contributed by atoms with Crippen LogP contribution in [0.4, 0.5) is 5.00 Å². The Labute approximate surface area is 186 Å². The van der Waals surface area contributed by atoms with Gasteiger partial charge in [-0.1, -0.05) is 32.0 Å². The first-order valence-corrected chi connectivity index (χ1v) is 11.0. The van der Waals surface area contributed by atoms with Gasteiger partial charge in [-0.05, 0) is 50.8 Å². The Morgan fingerprint density at radius 1 is 1.06 bits per heavy atom. The number of para-hydroxylation sites is 1. The quantitative estimate of drug-likeness (QED) is 0.548. The molecule has 1 N–H and O–H groups in total. The summed E-state index contributed by atoms with van der Waals surface area (Å²) in [4.78, 5) is 37.7. The predicted octanol–water partition coefficient (Wildman–Crippen LogP) is 4.94. The zero-order chi connectivity index (χ0) is 23.1. The molecule has 1 amide bonds. The molecule has 0 saturated carbocycles. The predicted molar refractivity (Wildman–Crippen MR) is 120 cm³/mol. The van der Waals surface area contributed by atoms with Gasteiger partial charge in [0.15, 0.2) is 6.61 Å². The molecule has 0 radical (unpaired) electrons. The van der Waals surface area contributed by atoms with Crippen LogP contribution in [0.5, 0.6) is 5.75 Å². The number of hydrogen-bond acceptors (Lipinski definition) is 7. The third kappa shape index (κ3) is 6.30. The van der Waals surface area contributed by atoms with Crippen LogP contribution < -0.4 is 10.1 Å². The molecule has 1 aromatic heterocycles.